The summed E-state index contributed by atoms with van der Waals surface area (Å²) in [6.07, 6.45) is 4.17. The summed E-state index contributed by atoms with van der Waals surface area (Å²) in [7, 11) is -4.28. The van der Waals surface area contributed by atoms with Crippen molar-refractivity contribution >= 4 is 10.1 Å². The number of aliphatic hydroxyl groups excluding tert-OH is 1. The third kappa shape index (κ3) is 5.41. The van der Waals surface area contributed by atoms with Gasteiger partial charge >= 0.3 is 0 Å². The predicted octanol–water partition coefficient (Wildman–Crippen LogP) is 4.09. The van der Waals surface area contributed by atoms with Gasteiger partial charge in [0.05, 0.1) is 11.4 Å². The molecule has 4 atom stereocenters. The van der Waals surface area contributed by atoms with E-state index in [0.29, 0.717) is 5.56 Å². The fourth-order valence-corrected chi connectivity index (χ4v) is 4.99. The van der Waals surface area contributed by atoms with Gasteiger partial charge in [-0.1, -0.05) is 37.3 Å². The van der Waals surface area contributed by atoms with Crippen LogP contribution in [0.4, 0.5) is 0 Å². The minimum atomic E-state index is -4.28. The molecule has 162 valence electrons. The number of fused-ring (bicyclic) bond motifs is 1. The van der Waals surface area contributed by atoms with Crippen molar-refractivity contribution in [3.05, 3.63) is 71.3 Å². The first-order valence-corrected chi connectivity index (χ1v) is 11.6. The summed E-state index contributed by atoms with van der Waals surface area (Å²) in [5.74, 6) is 0.491. The predicted molar refractivity (Wildman–Crippen MR) is 115 cm³/mol. The van der Waals surface area contributed by atoms with Crippen LogP contribution in [-0.4, -0.2) is 33.5 Å². The third-order valence-corrected chi connectivity index (χ3v) is 7.20. The Kier molecular flexibility index (Phi) is 6.85. The maximum absolute atomic E-state index is 12.1. The molecule has 30 heavy (non-hydrogen) atoms. The second-order valence-corrected chi connectivity index (χ2v) is 9.78. The number of aliphatic hydroxyl groups is 1. The number of phenolic OH excluding ortho intramolecular Hbond substituents is 2. The van der Waals surface area contributed by atoms with E-state index in [9.17, 15) is 28.3 Å². The zero-order chi connectivity index (χ0) is 21.9. The molecule has 0 saturated heterocycles. The first-order chi connectivity index (χ1) is 14.1. The summed E-state index contributed by atoms with van der Waals surface area (Å²) in [4.78, 5) is 0. The molecule has 0 saturated carbocycles. The highest BCUT2D eigenvalue weighted by Gasteiger charge is 2.33. The standard InChI is InChI=1S/C23H28O6S/c1-15-5-6-17-13-19(25)11-12-21(17)22(15)14-20(30(27,28)29)3-2-4-23(26)16-7-9-18(24)10-8-16/h2,4,7-13,15,20,22-26H,3,5-6,14H2,1H3,(H,27,28,29). The largest absolute Gasteiger partial charge is 0.508 e. The maximum atomic E-state index is 12.1. The van der Waals surface area contributed by atoms with Gasteiger partial charge in [-0.2, -0.15) is 8.42 Å². The Morgan fingerprint density at radius 2 is 1.77 bits per heavy atom. The molecule has 0 amide bonds. The van der Waals surface area contributed by atoms with E-state index in [2.05, 4.69) is 6.92 Å². The molecule has 1 aliphatic rings. The van der Waals surface area contributed by atoms with Gasteiger partial charge < -0.3 is 15.3 Å². The summed E-state index contributed by atoms with van der Waals surface area (Å²) in [6, 6.07) is 11.3. The van der Waals surface area contributed by atoms with E-state index >= 15 is 0 Å². The van der Waals surface area contributed by atoms with Crippen LogP contribution in [0.5, 0.6) is 11.5 Å². The quantitative estimate of drug-likeness (QED) is 0.387. The minimum Gasteiger partial charge on any atom is -0.508 e. The molecule has 7 heteroatoms. The lowest BCUT2D eigenvalue weighted by Gasteiger charge is -2.33. The van der Waals surface area contributed by atoms with Gasteiger partial charge in [0.1, 0.15) is 11.5 Å². The van der Waals surface area contributed by atoms with E-state index in [1.54, 1.807) is 30.3 Å². The Balaban J connectivity index is 1.75. The number of hydrogen-bond donors (Lipinski definition) is 4. The van der Waals surface area contributed by atoms with E-state index in [1.165, 1.54) is 18.2 Å². The molecule has 0 fully saturated rings. The molecular weight excluding hydrogens is 404 g/mol. The van der Waals surface area contributed by atoms with Crippen LogP contribution >= 0.6 is 0 Å². The van der Waals surface area contributed by atoms with Crippen molar-refractivity contribution < 1.29 is 28.3 Å². The molecule has 0 radical (unpaired) electrons. The summed E-state index contributed by atoms with van der Waals surface area (Å²) in [6.45, 7) is 2.08. The Labute approximate surface area is 177 Å². The van der Waals surface area contributed by atoms with Gasteiger partial charge in [0.25, 0.3) is 10.1 Å². The molecule has 0 bridgehead atoms. The molecular formula is C23H28O6S. The number of benzene rings is 2. The molecule has 0 spiro atoms. The normalized spacial score (nSPS) is 21.3. The third-order valence-electron chi connectivity index (χ3n) is 5.97. The van der Waals surface area contributed by atoms with E-state index in [4.69, 9.17) is 0 Å². The molecule has 1 aliphatic carbocycles. The highest BCUT2D eigenvalue weighted by Crippen LogP contribution is 2.41. The summed E-state index contributed by atoms with van der Waals surface area (Å²) in [5.41, 5.74) is 2.61. The topological polar surface area (TPSA) is 115 Å². The maximum Gasteiger partial charge on any atom is 0.268 e. The Hall–Kier alpha value is -2.35. The molecule has 2 aromatic carbocycles. The number of rotatable bonds is 7. The van der Waals surface area contributed by atoms with Gasteiger partial charge in [0, 0.05) is 0 Å². The summed E-state index contributed by atoms with van der Waals surface area (Å²) in [5, 5.41) is 28.3. The lowest BCUT2D eigenvalue weighted by atomic mass is 9.73. The van der Waals surface area contributed by atoms with Gasteiger partial charge in [0.2, 0.25) is 0 Å². The highest BCUT2D eigenvalue weighted by atomic mass is 32.2. The fraction of sp³-hybridized carbons (Fsp3) is 0.391. The van der Waals surface area contributed by atoms with Crippen LogP contribution < -0.4 is 0 Å². The smallest absolute Gasteiger partial charge is 0.268 e. The van der Waals surface area contributed by atoms with Crippen molar-refractivity contribution in [2.24, 2.45) is 5.92 Å². The Bertz CT molecular complexity index is 997. The molecule has 0 heterocycles. The zero-order valence-electron chi connectivity index (χ0n) is 16.8. The van der Waals surface area contributed by atoms with Crippen molar-refractivity contribution in [3.8, 4) is 11.5 Å². The van der Waals surface area contributed by atoms with Gasteiger partial charge in [0.15, 0.2) is 0 Å². The van der Waals surface area contributed by atoms with Crippen LogP contribution in [0.25, 0.3) is 0 Å². The van der Waals surface area contributed by atoms with Gasteiger partial charge in [-0.15, -0.1) is 0 Å². The Morgan fingerprint density at radius 1 is 1.10 bits per heavy atom. The SMILES string of the molecule is CC1CCc2cc(O)ccc2C1CC(CC=CC(O)c1ccc(O)cc1)S(=O)(=O)O. The first-order valence-electron chi connectivity index (χ1n) is 10.1. The number of aryl methyl sites for hydroxylation is 1. The van der Waals surface area contributed by atoms with Crippen LogP contribution in [0.1, 0.15) is 54.9 Å². The van der Waals surface area contributed by atoms with Crippen molar-refractivity contribution in [1.82, 2.24) is 0 Å². The molecule has 4 N–H and O–H groups in total. The summed E-state index contributed by atoms with van der Waals surface area (Å²) >= 11 is 0. The Morgan fingerprint density at radius 3 is 2.43 bits per heavy atom. The molecule has 6 nitrogen and oxygen atoms in total. The van der Waals surface area contributed by atoms with Crippen molar-refractivity contribution in [2.75, 3.05) is 0 Å². The van der Waals surface area contributed by atoms with Crippen molar-refractivity contribution in [3.63, 3.8) is 0 Å². The van der Waals surface area contributed by atoms with E-state index in [-0.39, 0.29) is 36.2 Å². The molecule has 4 unspecified atom stereocenters. The summed E-state index contributed by atoms with van der Waals surface area (Å²) < 4.78 is 33.9. The van der Waals surface area contributed by atoms with Crippen LogP contribution in [0.15, 0.2) is 54.6 Å². The zero-order valence-corrected chi connectivity index (χ0v) is 17.7. The van der Waals surface area contributed by atoms with Crippen LogP contribution in [0.3, 0.4) is 0 Å². The molecule has 2 aromatic rings. The lowest BCUT2D eigenvalue weighted by molar-refractivity contribution is 0.228. The van der Waals surface area contributed by atoms with Crippen LogP contribution in [0, 0.1) is 5.92 Å². The van der Waals surface area contributed by atoms with Gasteiger partial charge in [-0.3, -0.25) is 4.55 Å². The van der Waals surface area contributed by atoms with E-state index in [1.807, 2.05) is 6.07 Å². The molecule has 0 aromatic heterocycles. The van der Waals surface area contributed by atoms with Crippen LogP contribution in [-0.2, 0) is 16.5 Å². The highest BCUT2D eigenvalue weighted by molar-refractivity contribution is 7.86. The van der Waals surface area contributed by atoms with E-state index < -0.39 is 21.5 Å². The molecule has 0 aliphatic heterocycles. The van der Waals surface area contributed by atoms with Crippen molar-refractivity contribution in [1.29, 1.82) is 0 Å². The number of allylic oxidation sites excluding steroid dienone is 1. The first kappa shape index (κ1) is 22.3. The number of phenols is 2. The van der Waals surface area contributed by atoms with E-state index in [0.717, 1.165) is 24.0 Å². The average molecular weight is 433 g/mol. The second kappa shape index (κ2) is 9.20. The number of aromatic hydroxyl groups is 2. The fourth-order valence-electron chi connectivity index (χ4n) is 4.19. The van der Waals surface area contributed by atoms with Gasteiger partial charge in [-0.05, 0) is 78.5 Å². The molecule has 3 rings (SSSR count). The number of hydrogen-bond acceptors (Lipinski definition) is 5. The lowest BCUT2D eigenvalue weighted by Crippen LogP contribution is -2.27. The van der Waals surface area contributed by atoms with Crippen molar-refractivity contribution in [2.45, 2.75) is 49.9 Å². The second-order valence-electron chi connectivity index (χ2n) is 8.08. The minimum absolute atomic E-state index is 0.0447. The monoisotopic (exact) mass is 432 g/mol. The van der Waals surface area contributed by atoms with Crippen LogP contribution in [0.2, 0.25) is 0 Å². The average Bonchev–Trinajstić information content (AvgIpc) is 2.68. The van der Waals surface area contributed by atoms with Gasteiger partial charge in [-0.25, -0.2) is 0 Å².